The van der Waals surface area contributed by atoms with Crippen LogP contribution in [0.1, 0.15) is 31.4 Å². The van der Waals surface area contributed by atoms with Crippen LogP contribution < -0.4 is 5.73 Å². The van der Waals surface area contributed by atoms with Crippen molar-refractivity contribution in [2.45, 2.75) is 32.7 Å². The lowest BCUT2D eigenvalue weighted by Crippen LogP contribution is -2.37. The van der Waals surface area contributed by atoms with Crippen LogP contribution in [0.25, 0.3) is 26.9 Å². The molecule has 1 amide bonds. The maximum Gasteiger partial charge on any atom is 0.219 e. The number of rotatable bonds is 2. The average Bonchev–Trinajstić information content (AvgIpc) is 3.07. The van der Waals surface area contributed by atoms with Gasteiger partial charge >= 0.3 is 0 Å². The third-order valence-electron chi connectivity index (χ3n) is 5.77. The van der Waals surface area contributed by atoms with Gasteiger partial charge < -0.3 is 15.2 Å². The summed E-state index contributed by atoms with van der Waals surface area (Å²) >= 11 is 6.50. The number of anilines is 1. The van der Waals surface area contributed by atoms with Gasteiger partial charge in [-0.1, -0.05) is 11.6 Å². The number of benzene rings is 1. The molecule has 1 aromatic carbocycles. The number of carbonyl (C=O) groups excluding carboxylic acids is 1. The molecular weight excluding hydrogens is 386 g/mol. The summed E-state index contributed by atoms with van der Waals surface area (Å²) in [6.45, 7) is 12.6. The Bertz CT molecular complexity index is 1150. The molecule has 0 spiro atoms. The number of hydrogen-bond acceptors (Lipinski definition) is 3. The van der Waals surface area contributed by atoms with Crippen molar-refractivity contribution in [3.05, 3.63) is 52.7 Å². The Morgan fingerprint density at radius 2 is 2.00 bits per heavy atom. The first-order chi connectivity index (χ1) is 13.9. The molecule has 2 N–H and O–H groups in total. The molecule has 7 heteroatoms. The monoisotopic (exact) mass is 407 g/mol. The van der Waals surface area contributed by atoms with Crippen LogP contribution in [0.2, 0.25) is 5.02 Å². The van der Waals surface area contributed by atoms with Crippen LogP contribution in [0.3, 0.4) is 0 Å². The quantitative estimate of drug-likeness (QED) is 0.609. The van der Waals surface area contributed by atoms with Gasteiger partial charge in [-0.2, -0.15) is 0 Å². The largest absolute Gasteiger partial charge is 0.396 e. The molecule has 1 fully saturated rings. The van der Waals surface area contributed by atoms with Crippen LogP contribution >= 0.6 is 11.6 Å². The number of likely N-dealkylation sites (tertiary alicyclic amines) is 1. The molecule has 2 aromatic heterocycles. The maximum atomic E-state index is 11.7. The molecule has 4 rings (SSSR count). The highest BCUT2D eigenvalue weighted by atomic mass is 35.5. The first kappa shape index (κ1) is 19.3. The van der Waals surface area contributed by atoms with Crippen molar-refractivity contribution in [1.82, 2.24) is 14.5 Å². The zero-order valence-electron chi connectivity index (χ0n) is 16.4. The number of nitrogens with two attached hydrogens (primary N) is 1. The van der Waals surface area contributed by atoms with Crippen molar-refractivity contribution in [3.63, 3.8) is 0 Å². The Morgan fingerprint density at radius 1 is 1.28 bits per heavy atom. The molecule has 1 aliphatic heterocycles. The third kappa shape index (κ3) is 3.32. The summed E-state index contributed by atoms with van der Waals surface area (Å²) in [6.07, 6.45) is 7.11. The van der Waals surface area contributed by atoms with E-state index in [9.17, 15) is 4.79 Å². The van der Waals surface area contributed by atoms with E-state index in [1.165, 1.54) is 6.20 Å². The van der Waals surface area contributed by atoms with Gasteiger partial charge in [-0.3, -0.25) is 9.78 Å². The summed E-state index contributed by atoms with van der Waals surface area (Å²) in [6, 6.07) is 4.26. The summed E-state index contributed by atoms with van der Waals surface area (Å²) in [4.78, 5) is 21.5. The van der Waals surface area contributed by atoms with Gasteiger partial charge in [-0.05, 0) is 42.8 Å². The van der Waals surface area contributed by atoms with Crippen LogP contribution in [0, 0.1) is 13.5 Å². The second kappa shape index (κ2) is 7.41. The average molecular weight is 408 g/mol. The molecule has 0 unspecified atom stereocenters. The van der Waals surface area contributed by atoms with E-state index in [0.29, 0.717) is 16.4 Å². The molecule has 0 radical (unpaired) electrons. The van der Waals surface area contributed by atoms with Gasteiger partial charge in [0.15, 0.2) is 5.69 Å². The molecule has 29 heavy (non-hydrogen) atoms. The third-order valence-corrected chi connectivity index (χ3v) is 6.19. The van der Waals surface area contributed by atoms with E-state index in [1.54, 1.807) is 13.1 Å². The summed E-state index contributed by atoms with van der Waals surface area (Å²) in [5, 5.41) is 1.43. The summed E-state index contributed by atoms with van der Waals surface area (Å²) in [7, 11) is 0. The number of halogens is 1. The van der Waals surface area contributed by atoms with Crippen LogP contribution in [0.15, 0.2) is 30.7 Å². The summed E-state index contributed by atoms with van der Waals surface area (Å²) in [5.41, 5.74) is 10.7. The lowest BCUT2D eigenvalue weighted by atomic mass is 10.0. The molecule has 0 atom stereocenters. The van der Waals surface area contributed by atoms with Crippen molar-refractivity contribution in [3.8, 4) is 11.1 Å². The highest BCUT2D eigenvalue weighted by molar-refractivity contribution is 6.36. The van der Waals surface area contributed by atoms with E-state index >= 15 is 0 Å². The Kier molecular flexibility index (Phi) is 4.93. The fraction of sp³-hybridized carbons (Fsp3) is 0.318. The zero-order chi connectivity index (χ0) is 20.7. The van der Waals surface area contributed by atoms with E-state index in [-0.39, 0.29) is 11.9 Å². The lowest BCUT2D eigenvalue weighted by molar-refractivity contribution is -0.130. The van der Waals surface area contributed by atoms with E-state index in [0.717, 1.165) is 53.5 Å². The number of aromatic nitrogens is 2. The molecule has 6 nitrogen and oxygen atoms in total. The zero-order valence-corrected chi connectivity index (χ0v) is 17.2. The molecule has 148 valence electrons. The van der Waals surface area contributed by atoms with E-state index < -0.39 is 0 Å². The van der Waals surface area contributed by atoms with Crippen molar-refractivity contribution < 1.29 is 4.79 Å². The minimum atomic E-state index is 0.122. The molecular formula is C22H22ClN5O. The normalized spacial score (nSPS) is 14.9. The van der Waals surface area contributed by atoms with Crippen LogP contribution in [0.4, 0.5) is 11.4 Å². The van der Waals surface area contributed by atoms with Gasteiger partial charge in [0.25, 0.3) is 0 Å². The van der Waals surface area contributed by atoms with E-state index in [4.69, 9.17) is 23.9 Å². The fourth-order valence-electron chi connectivity index (χ4n) is 4.13. The molecule has 3 aromatic rings. The van der Waals surface area contributed by atoms with E-state index in [1.807, 2.05) is 17.9 Å². The minimum absolute atomic E-state index is 0.122. The van der Waals surface area contributed by atoms with Crippen molar-refractivity contribution in [1.29, 1.82) is 0 Å². The fourth-order valence-corrected chi connectivity index (χ4v) is 4.33. The van der Waals surface area contributed by atoms with Gasteiger partial charge in [-0.25, -0.2) is 4.85 Å². The van der Waals surface area contributed by atoms with Gasteiger partial charge in [0.1, 0.15) is 0 Å². The second-order valence-corrected chi connectivity index (χ2v) is 7.92. The minimum Gasteiger partial charge on any atom is -0.396 e. The Morgan fingerprint density at radius 3 is 2.66 bits per heavy atom. The lowest BCUT2D eigenvalue weighted by Gasteiger charge is -2.32. The van der Waals surface area contributed by atoms with Crippen molar-refractivity contribution in [2.24, 2.45) is 0 Å². The smallest absolute Gasteiger partial charge is 0.219 e. The number of amides is 1. The number of carbonyl (C=O) groups is 1. The van der Waals surface area contributed by atoms with Crippen molar-refractivity contribution in [2.75, 3.05) is 18.8 Å². The number of piperidine rings is 1. The number of hydrogen-bond donors (Lipinski definition) is 1. The van der Waals surface area contributed by atoms with Crippen LogP contribution in [0.5, 0.6) is 0 Å². The number of aryl methyl sites for hydroxylation is 1. The van der Waals surface area contributed by atoms with Gasteiger partial charge in [0.05, 0.1) is 23.5 Å². The molecule has 0 bridgehead atoms. The molecule has 1 saturated heterocycles. The molecule has 1 aliphatic rings. The summed E-state index contributed by atoms with van der Waals surface area (Å²) < 4.78 is 2.27. The topological polar surface area (TPSA) is 68.5 Å². The Hall–Kier alpha value is -3.04. The Labute approximate surface area is 174 Å². The highest BCUT2D eigenvalue weighted by Crippen LogP contribution is 2.41. The molecule has 0 aliphatic carbocycles. The number of pyridine rings is 1. The molecule has 0 saturated carbocycles. The van der Waals surface area contributed by atoms with Gasteiger partial charge in [-0.15, -0.1) is 0 Å². The van der Waals surface area contributed by atoms with Gasteiger partial charge in [0, 0.05) is 55.1 Å². The Balaban J connectivity index is 1.88. The molecule has 3 heterocycles. The maximum absolute atomic E-state index is 11.7. The van der Waals surface area contributed by atoms with Gasteiger partial charge in [0.2, 0.25) is 5.91 Å². The second-order valence-electron chi connectivity index (χ2n) is 7.55. The predicted octanol–water partition coefficient (Wildman–Crippen LogP) is 4.98. The number of fused-ring (bicyclic) bond motifs is 1. The summed E-state index contributed by atoms with van der Waals surface area (Å²) in [5.74, 6) is 0.122. The predicted molar refractivity (Wildman–Crippen MR) is 116 cm³/mol. The standard InChI is InChI=1S/C22H22ClN5O/c1-13-8-21-16(9-20(13)25-3)18(17-10-26-11-19(24)22(17)23)12-28(21)15-4-6-27(7-5-15)14(2)29/h8-12,15H,4-7,24H2,1-2H3. The first-order valence-corrected chi connectivity index (χ1v) is 9.96. The SMILES string of the molecule is [C-]#[N+]c1cc2c(-c3cncc(N)c3Cl)cn(C3CCN(C(C)=O)CC3)c2cc1C. The number of nitrogens with zero attached hydrogens (tertiary/aromatic N) is 4. The van der Waals surface area contributed by atoms with E-state index in [2.05, 4.69) is 26.7 Å². The van der Waals surface area contributed by atoms with Crippen LogP contribution in [-0.4, -0.2) is 33.4 Å². The first-order valence-electron chi connectivity index (χ1n) is 9.58. The highest BCUT2D eigenvalue weighted by Gasteiger charge is 2.25. The van der Waals surface area contributed by atoms with Crippen LogP contribution in [-0.2, 0) is 4.79 Å². The number of nitrogen functional groups attached to an aromatic ring is 1. The van der Waals surface area contributed by atoms with Crippen molar-refractivity contribution >= 4 is 39.8 Å².